The van der Waals surface area contributed by atoms with Crippen LogP contribution in [0.5, 0.6) is 0 Å². The van der Waals surface area contributed by atoms with Gasteiger partial charge in [-0.2, -0.15) is 11.8 Å². The molecule has 0 aromatic heterocycles. The number of amides is 1. The first-order chi connectivity index (χ1) is 6.15. The van der Waals surface area contributed by atoms with E-state index in [1.807, 2.05) is 0 Å². The van der Waals surface area contributed by atoms with Gasteiger partial charge in [0, 0.05) is 16.5 Å². The molecule has 14 heavy (non-hydrogen) atoms. The summed E-state index contributed by atoms with van der Waals surface area (Å²) in [6, 6.07) is 0. The zero-order valence-electron chi connectivity index (χ0n) is 8.90. The summed E-state index contributed by atoms with van der Waals surface area (Å²) in [5.74, 6) is 2.74. The van der Waals surface area contributed by atoms with Crippen LogP contribution in [-0.2, 0) is 16.5 Å². The molecule has 0 aliphatic rings. The predicted octanol–water partition coefficient (Wildman–Crippen LogP) is 2.94. The molecule has 0 radical (unpaired) electrons. The van der Waals surface area contributed by atoms with Gasteiger partial charge >= 0.3 is 6.09 Å². The van der Waals surface area contributed by atoms with Crippen LogP contribution in [0, 0.1) is 0 Å². The van der Waals surface area contributed by atoms with Gasteiger partial charge in [0.05, 0.1) is 0 Å². The average molecular weight is 266 g/mol. The van der Waals surface area contributed by atoms with Crippen molar-refractivity contribution in [3.8, 4) is 0 Å². The zero-order valence-corrected chi connectivity index (χ0v) is 10.7. The Bertz CT molecular complexity index is 105. The van der Waals surface area contributed by atoms with Gasteiger partial charge in [0.2, 0.25) is 0 Å². The van der Waals surface area contributed by atoms with Crippen molar-refractivity contribution < 1.29 is 26.4 Å². The van der Waals surface area contributed by atoms with Crippen molar-refractivity contribution in [2.24, 2.45) is 5.73 Å². The molecule has 0 saturated carbocycles. The van der Waals surface area contributed by atoms with Crippen LogP contribution >= 0.6 is 11.8 Å². The van der Waals surface area contributed by atoms with Gasteiger partial charge in [0.25, 0.3) is 0 Å². The van der Waals surface area contributed by atoms with Crippen LogP contribution in [-0.4, -0.2) is 22.7 Å². The Morgan fingerprint density at radius 2 is 1.50 bits per heavy atom. The molecule has 3 nitrogen and oxygen atoms in total. The first-order valence-corrected chi connectivity index (χ1v) is 5.86. The second-order valence-electron chi connectivity index (χ2n) is 2.66. The number of thioether (sulfide) groups is 1. The van der Waals surface area contributed by atoms with E-state index >= 15 is 0 Å². The minimum Gasteiger partial charge on any atom is -0.465 e. The van der Waals surface area contributed by atoms with Crippen LogP contribution in [0.4, 0.5) is 4.79 Å². The summed E-state index contributed by atoms with van der Waals surface area (Å²) in [7, 11) is 0. The Labute approximate surface area is 101 Å². The van der Waals surface area contributed by atoms with E-state index in [1.165, 1.54) is 37.2 Å². The maximum atomic E-state index is 8.78. The molecule has 0 aromatic rings. The van der Waals surface area contributed by atoms with E-state index in [2.05, 4.69) is 31.3 Å². The Morgan fingerprint density at radius 1 is 1.21 bits per heavy atom. The molecule has 5 heteroatoms. The van der Waals surface area contributed by atoms with E-state index in [9.17, 15) is 0 Å². The second-order valence-corrected chi connectivity index (χ2v) is 3.88. The standard InChI is InChI=1S/C8H18S.CH3NO2.Ni/c1-3-5-7-9-8-6-4-2;2-1(3)4;/h3-8H2,1-2H3;2H2,(H,3,4);. The molecule has 90 valence electrons. The summed E-state index contributed by atoms with van der Waals surface area (Å²) in [5, 5.41) is 7.19. The van der Waals surface area contributed by atoms with Crippen molar-refractivity contribution in [3.63, 3.8) is 0 Å². The van der Waals surface area contributed by atoms with Crippen molar-refractivity contribution in [2.45, 2.75) is 39.5 Å². The van der Waals surface area contributed by atoms with E-state index in [0.717, 1.165) is 0 Å². The fourth-order valence-corrected chi connectivity index (χ4v) is 1.78. The Kier molecular flexibility index (Phi) is 26.4. The largest absolute Gasteiger partial charge is 0.465 e. The molecular formula is C9H21NNiO2S. The van der Waals surface area contributed by atoms with Crippen molar-refractivity contribution in [3.05, 3.63) is 0 Å². The normalized spacial score (nSPS) is 8.14. The third-order valence-corrected chi connectivity index (χ3v) is 2.44. The summed E-state index contributed by atoms with van der Waals surface area (Å²) in [4.78, 5) is 8.78. The summed E-state index contributed by atoms with van der Waals surface area (Å²) < 4.78 is 0. The van der Waals surface area contributed by atoms with E-state index < -0.39 is 6.09 Å². The minimum atomic E-state index is -1.33. The fraction of sp³-hybridized carbons (Fsp3) is 0.889. The van der Waals surface area contributed by atoms with Crippen LogP contribution in [0.1, 0.15) is 39.5 Å². The van der Waals surface area contributed by atoms with Crippen LogP contribution in [0.25, 0.3) is 0 Å². The average Bonchev–Trinajstić information content (AvgIpc) is 2.03. The monoisotopic (exact) mass is 265 g/mol. The Hall–Kier alpha value is 0.114. The van der Waals surface area contributed by atoms with Crippen LogP contribution < -0.4 is 5.73 Å². The number of rotatable bonds is 6. The van der Waals surface area contributed by atoms with Crippen LogP contribution in [0.15, 0.2) is 0 Å². The molecular weight excluding hydrogens is 245 g/mol. The Morgan fingerprint density at radius 3 is 1.71 bits per heavy atom. The molecule has 0 saturated heterocycles. The van der Waals surface area contributed by atoms with Gasteiger partial charge in [-0.05, 0) is 24.3 Å². The number of primary amides is 1. The number of hydrogen-bond acceptors (Lipinski definition) is 2. The maximum absolute atomic E-state index is 8.78. The fourth-order valence-electron chi connectivity index (χ4n) is 0.595. The van der Waals surface area contributed by atoms with Gasteiger partial charge in [-0.1, -0.05) is 26.7 Å². The number of nitrogens with two attached hydrogens (primary N) is 1. The van der Waals surface area contributed by atoms with Crippen LogP contribution in [0.3, 0.4) is 0 Å². The van der Waals surface area contributed by atoms with E-state index in [1.54, 1.807) is 0 Å². The molecule has 0 heterocycles. The number of carboxylic acid groups (broad SMARTS) is 1. The third-order valence-electron chi connectivity index (χ3n) is 1.28. The molecule has 0 aliphatic carbocycles. The van der Waals surface area contributed by atoms with Crippen molar-refractivity contribution in [1.29, 1.82) is 0 Å². The van der Waals surface area contributed by atoms with Gasteiger partial charge in [-0.25, -0.2) is 4.79 Å². The Balaban J connectivity index is -0.000000209. The molecule has 0 bridgehead atoms. The van der Waals surface area contributed by atoms with Gasteiger partial charge in [-0.3, -0.25) is 0 Å². The van der Waals surface area contributed by atoms with E-state index in [4.69, 9.17) is 9.90 Å². The molecule has 0 unspecified atom stereocenters. The summed E-state index contributed by atoms with van der Waals surface area (Å²) in [6.45, 7) is 4.50. The number of carbonyl (C=O) groups is 1. The molecule has 0 fully saturated rings. The number of unbranched alkanes of at least 4 members (excludes halogenated alkanes) is 2. The van der Waals surface area contributed by atoms with E-state index in [0.29, 0.717) is 0 Å². The first-order valence-electron chi connectivity index (χ1n) is 4.71. The molecule has 3 N–H and O–H groups in total. The molecule has 1 amide bonds. The predicted molar refractivity (Wildman–Crippen MR) is 59.4 cm³/mol. The molecule has 0 aliphatic heterocycles. The SMILES string of the molecule is CCCCSCCCC.NC(=O)O.[Ni]. The maximum Gasteiger partial charge on any atom is 0.402 e. The van der Waals surface area contributed by atoms with Crippen molar-refractivity contribution >= 4 is 17.9 Å². The van der Waals surface area contributed by atoms with Gasteiger partial charge < -0.3 is 10.8 Å². The van der Waals surface area contributed by atoms with Gasteiger partial charge in [0.1, 0.15) is 0 Å². The topological polar surface area (TPSA) is 63.3 Å². The summed E-state index contributed by atoms with van der Waals surface area (Å²) in [6.07, 6.45) is 4.15. The number of hydrogen-bond donors (Lipinski definition) is 2. The van der Waals surface area contributed by atoms with E-state index in [-0.39, 0.29) is 16.5 Å². The van der Waals surface area contributed by atoms with Gasteiger partial charge in [-0.15, -0.1) is 0 Å². The molecule has 0 spiro atoms. The van der Waals surface area contributed by atoms with Crippen LogP contribution in [0.2, 0.25) is 0 Å². The second kappa shape index (κ2) is 18.8. The van der Waals surface area contributed by atoms with Gasteiger partial charge in [0.15, 0.2) is 0 Å². The van der Waals surface area contributed by atoms with Crippen molar-refractivity contribution in [2.75, 3.05) is 11.5 Å². The molecule has 0 aromatic carbocycles. The van der Waals surface area contributed by atoms with Crippen molar-refractivity contribution in [1.82, 2.24) is 0 Å². The third kappa shape index (κ3) is 40.0. The first kappa shape index (κ1) is 19.7. The summed E-state index contributed by atoms with van der Waals surface area (Å²) in [5.41, 5.74) is 4.03. The zero-order chi connectivity index (χ0) is 10.5. The smallest absolute Gasteiger partial charge is 0.402 e. The molecule has 0 rings (SSSR count). The molecule has 0 atom stereocenters. The quantitative estimate of drug-likeness (QED) is 0.573. The summed E-state index contributed by atoms with van der Waals surface area (Å²) >= 11 is 2.10. The minimum absolute atomic E-state index is 0.